The van der Waals surface area contributed by atoms with Gasteiger partial charge in [0.05, 0.1) is 5.56 Å². The average molecular weight is 582 g/mol. The number of aryl methyl sites for hydroxylation is 1. The maximum Gasteiger partial charge on any atom is 0.425 e. The highest BCUT2D eigenvalue weighted by Gasteiger charge is 2.57. The van der Waals surface area contributed by atoms with Crippen molar-refractivity contribution in [3.05, 3.63) is 89.0 Å². The van der Waals surface area contributed by atoms with Gasteiger partial charge < -0.3 is 26.0 Å². The Morgan fingerprint density at radius 3 is 2.07 bits per heavy atom. The SMILES string of the molecule is Nc1ccc(CCC(=Cc2ccc(OC(=O)c3ccc(OCC(F)(F)C(F)C(F)(F)F)cc3)cc2)C(=O)O)c(N)c1. The Labute approximate surface area is 230 Å². The van der Waals surface area contributed by atoms with Crippen LogP contribution in [0.4, 0.5) is 37.7 Å². The molecule has 0 aliphatic carbocycles. The van der Waals surface area contributed by atoms with Crippen molar-refractivity contribution >= 4 is 29.4 Å². The minimum absolute atomic E-state index is 0.0400. The van der Waals surface area contributed by atoms with Crippen molar-refractivity contribution in [3.8, 4) is 11.5 Å². The van der Waals surface area contributed by atoms with Gasteiger partial charge in [-0.3, -0.25) is 0 Å². The van der Waals surface area contributed by atoms with Crippen LogP contribution >= 0.6 is 0 Å². The minimum Gasteiger partial charge on any atom is -0.487 e. The molecule has 0 heterocycles. The molecule has 3 rings (SSSR count). The molecule has 218 valence electrons. The fourth-order valence-corrected chi connectivity index (χ4v) is 3.53. The van der Waals surface area contributed by atoms with Gasteiger partial charge in [0.15, 0.2) is 6.61 Å². The van der Waals surface area contributed by atoms with Crippen LogP contribution in [0, 0.1) is 0 Å². The zero-order valence-corrected chi connectivity index (χ0v) is 21.1. The smallest absolute Gasteiger partial charge is 0.425 e. The number of benzene rings is 3. The molecule has 0 bridgehead atoms. The fraction of sp³-hybridized carbons (Fsp3) is 0.214. The Balaban J connectivity index is 1.59. The molecular weight excluding hydrogens is 558 g/mol. The molecule has 41 heavy (non-hydrogen) atoms. The maximum absolute atomic E-state index is 13.4. The van der Waals surface area contributed by atoms with E-state index in [0.29, 0.717) is 23.4 Å². The van der Waals surface area contributed by atoms with Crippen molar-refractivity contribution in [3.63, 3.8) is 0 Å². The summed E-state index contributed by atoms with van der Waals surface area (Å²) in [6.07, 6.45) is -8.12. The Kier molecular flexibility index (Phi) is 9.53. The van der Waals surface area contributed by atoms with Gasteiger partial charge in [-0.1, -0.05) is 18.2 Å². The lowest BCUT2D eigenvalue weighted by atomic mass is 10.0. The first kappa shape index (κ1) is 30.9. The summed E-state index contributed by atoms with van der Waals surface area (Å²) in [6.45, 7) is -1.86. The number of carbonyl (C=O) groups excluding carboxylic acids is 1. The first-order chi connectivity index (χ1) is 19.2. The number of halogens is 6. The number of aliphatic carboxylic acids is 1. The predicted molar refractivity (Wildman–Crippen MR) is 138 cm³/mol. The number of carbonyl (C=O) groups is 2. The predicted octanol–water partition coefficient (Wildman–Crippen LogP) is 6.09. The zero-order valence-electron chi connectivity index (χ0n) is 21.1. The van der Waals surface area contributed by atoms with E-state index in [0.717, 1.165) is 29.8 Å². The Morgan fingerprint density at radius 1 is 0.902 bits per heavy atom. The summed E-state index contributed by atoms with van der Waals surface area (Å²) in [5.41, 5.74) is 13.9. The summed E-state index contributed by atoms with van der Waals surface area (Å²) < 4.78 is 86.2. The number of carboxylic acids is 1. The molecule has 5 N–H and O–H groups in total. The van der Waals surface area contributed by atoms with Crippen molar-refractivity contribution < 1.29 is 50.5 Å². The third-order valence-electron chi connectivity index (χ3n) is 5.72. The van der Waals surface area contributed by atoms with Crippen LogP contribution in [-0.2, 0) is 11.2 Å². The van der Waals surface area contributed by atoms with E-state index < -0.39 is 36.8 Å². The van der Waals surface area contributed by atoms with Gasteiger partial charge in [0.1, 0.15) is 11.5 Å². The molecule has 3 aromatic rings. The second-order valence-corrected chi connectivity index (χ2v) is 8.87. The van der Waals surface area contributed by atoms with Crippen LogP contribution in [0.1, 0.15) is 27.9 Å². The van der Waals surface area contributed by atoms with Crippen molar-refractivity contribution in [2.45, 2.75) is 31.1 Å². The summed E-state index contributed by atoms with van der Waals surface area (Å²) in [5.74, 6) is -6.98. The second kappa shape index (κ2) is 12.7. The summed E-state index contributed by atoms with van der Waals surface area (Å²) in [4.78, 5) is 24.1. The molecule has 0 saturated carbocycles. The first-order valence-corrected chi connectivity index (χ1v) is 11.9. The van der Waals surface area contributed by atoms with Gasteiger partial charge in [-0.2, -0.15) is 22.0 Å². The number of rotatable bonds is 11. The van der Waals surface area contributed by atoms with Crippen LogP contribution in [0.3, 0.4) is 0 Å². The highest BCUT2D eigenvalue weighted by Crippen LogP contribution is 2.35. The number of esters is 1. The van der Waals surface area contributed by atoms with Gasteiger partial charge in [0, 0.05) is 16.9 Å². The van der Waals surface area contributed by atoms with Gasteiger partial charge in [-0.15, -0.1) is 0 Å². The van der Waals surface area contributed by atoms with Crippen LogP contribution < -0.4 is 20.9 Å². The molecule has 0 aliphatic heterocycles. The van der Waals surface area contributed by atoms with E-state index in [2.05, 4.69) is 4.74 Å². The third-order valence-corrected chi connectivity index (χ3v) is 5.72. The lowest BCUT2D eigenvalue weighted by Gasteiger charge is -2.22. The maximum atomic E-state index is 13.4. The molecule has 0 aliphatic rings. The third kappa shape index (κ3) is 8.65. The number of anilines is 2. The second-order valence-electron chi connectivity index (χ2n) is 8.87. The molecule has 7 nitrogen and oxygen atoms in total. The van der Waals surface area contributed by atoms with Gasteiger partial charge in [-0.25, -0.2) is 14.0 Å². The largest absolute Gasteiger partial charge is 0.487 e. The van der Waals surface area contributed by atoms with Crippen LogP contribution in [-0.4, -0.2) is 41.9 Å². The highest BCUT2D eigenvalue weighted by atomic mass is 19.4. The van der Waals surface area contributed by atoms with Crippen molar-refractivity contribution in [1.29, 1.82) is 0 Å². The fourth-order valence-electron chi connectivity index (χ4n) is 3.53. The normalized spacial score (nSPS) is 13.0. The van der Waals surface area contributed by atoms with E-state index in [4.69, 9.17) is 16.2 Å². The van der Waals surface area contributed by atoms with E-state index in [9.17, 15) is 41.0 Å². The van der Waals surface area contributed by atoms with E-state index in [1.54, 1.807) is 18.2 Å². The topological polar surface area (TPSA) is 125 Å². The number of hydrogen-bond acceptors (Lipinski definition) is 6. The summed E-state index contributed by atoms with van der Waals surface area (Å²) in [6, 6.07) is 15.2. The molecule has 0 fully saturated rings. The van der Waals surface area contributed by atoms with E-state index in [1.165, 1.54) is 30.3 Å². The van der Waals surface area contributed by atoms with Gasteiger partial charge >= 0.3 is 24.0 Å². The molecule has 0 spiro atoms. The zero-order chi connectivity index (χ0) is 30.4. The summed E-state index contributed by atoms with van der Waals surface area (Å²) in [7, 11) is 0. The molecule has 0 amide bonds. The van der Waals surface area contributed by atoms with Crippen molar-refractivity contribution in [2.75, 3.05) is 18.1 Å². The van der Waals surface area contributed by atoms with E-state index in [1.807, 2.05) is 0 Å². The molecule has 0 aromatic heterocycles. The van der Waals surface area contributed by atoms with E-state index in [-0.39, 0.29) is 29.1 Å². The number of ether oxygens (including phenoxy) is 2. The molecule has 0 radical (unpaired) electrons. The standard InChI is InChI=1S/C28H24F6N2O5/c29-26(28(32,33)34)27(30,31)15-40-21-11-6-18(7-12-21)25(39)41-22-9-1-16(2-10-22)13-19(24(37)38)4-3-17-5-8-20(35)14-23(17)36/h1-2,5-14,26H,3-4,15,35-36H2,(H,37,38). The Hall–Kier alpha value is -4.68. The first-order valence-electron chi connectivity index (χ1n) is 11.9. The highest BCUT2D eigenvalue weighted by molar-refractivity contribution is 5.92. The monoisotopic (exact) mass is 582 g/mol. The lowest BCUT2D eigenvalue weighted by molar-refractivity contribution is -0.250. The molecule has 1 atom stereocenters. The summed E-state index contributed by atoms with van der Waals surface area (Å²) in [5, 5.41) is 9.58. The Morgan fingerprint density at radius 2 is 1.51 bits per heavy atom. The van der Waals surface area contributed by atoms with Crippen LogP contribution in [0.25, 0.3) is 6.08 Å². The lowest BCUT2D eigenvalue weighted by Crippen LogP contribution is -2.45. The number of alkyl halides is 6. The average Bonchev–Trinajstić information content (AvgIpc) is 2.91. The van der Waals surface area contributed by atoms with Gasteiger partial charge in [0.2, 0.25) is 0 Å². The number of nitrogen functional groups attached to an aromatic ring is 2. The Bertz CT molecular complexity index is 1410. The number of nitrogens with two attached hydrogens (primary N) is 2. The van der Waals surface area contributed by atoms with E-state index >= 15 is 0 Å². The van der Waals surface area contributed by atoms with Gasteiger partial charge in [0.25, 0.3) is 6.17 Å². The summed E-state index contributed by atoms with van der Waals surface area (Å²) >= 11 is 0. The van der Waals surface area contributed by atoms with Crippen molar-refractivity contribution in [2.24, 2.45) is 0 Å². The minimum atomic E-state index is -5.75. The molecule has 3 aromatic carbocycles. The van der Waals surface area contributed by atoms with Crippen molar-refractivity contribution in [1.82, 2.24) is 0 Å². The quantitative estimate of drug-likeness (QED) is 0.0822. The molecular formula is C28H24F6N2O5. The number of hydrogen-bond donors (Lipinski definition) is 3. The molecule has 1 unspecified atom stereocenters. The van der Waals surface area contributed by atoms with Gasteiger partial charge in [-0.05, 0) is 78.6 Å². The van der Waals surface area contributed by atoms with Crippen LogP contribution in [0.15, 0.2) is 72.3 Å². The molecule has 13 heteroatoms. The van der Waals surface area contributed by atoms with Crippen LogP contribution in [0.2, 0.25) is 0 Å². The van der Waals surface area contributed by atoms with Crippen LogP contribution in [0.5, 0.6) is 11.5 Å². The molecule has 0 saturated heterocycles. The number of carboxylic acid groups (broad SMARTS) is 1.